The van der Waals surface area contributed by atoms with Crippen LogP contribution in [0.4, 0.5) is 0 Å². The maximum absolute atomic E-state index is 12.9. The summed E-state index contributed by atoms with van der Waals surface area (Å²) in [6.45, 7) is -0.991. The van der Waals surface area contributed by atoms with E-state index < -0.39 is 12.4 Å². The van der Waals surface area contributed by atoms with Gasteiger partial charge in [-0.25, -0.2) is 4.98 Å². The molecule has 0 N–H and O–H groups in total. The average Bonchev–Trinajstić information content (AvgIpc) is 2.45. The van der Waals surface area contributed by atoms with Crippen LogP contribution in [0.1, 0.15) is 18.2 Å². The molecule has 0 saturated carbocycles. The number of hydrogen-bond acceptors (Lipinski definition) is 2. The van der Waals surface area contributed by atoms with Gasteiger partial charge in [0.1, 0.15) is 5.82 Å². The standard InChI is InChI=1S/C16H14N2O/c1-11-7-3-6-10-15(11)18-12(2)17-14-9-5-4-8-13(14)16(18)19/h3-10H,1-2H3/i1D3,6D,7D. The number of rotatable bonds is 1. The summed E-state index contributed by atoms with van der Waals surface area (Å²) in [5.74, 6) is 0.300. The Morgan fingerprint density at radius 2 is 2.11 bits per heavy atom. The smallest absolute Gasteiger partial charge is 0.265 e. The Hall–Kier alpha value is -2.42. The molecule has 3 aromatic rings. The molecule has 0 bridgehead atoms. The second-order valence-electron chi connectivity index (χ2n) is 4.18. The van der Waals surface area contributed by atoms with Crippen LogP contribution in [0.3, 0.4) is 0 Å². The number of benzene rings is 2. The quantitative estimate of drug-likeness (QED) is 0.670. The summed E-state index contributed by atoms with van der Waals surface area (Å²) < 4.78 is 40.0. The first-order chi connectivity index (χ1) is 11.2. The average molecular weight is 255 g/mol. The molecule has 1 aromatic heterocycles. The minimum atomic E-state index is -2.59. The van der Waals surface area contributed by atoms with Gasteiger partial charge in [-0.15, -0.1) is 0 Å². The first-order valence-corrected chi connectivity index (χ1v) is 5.80. The van der Waals surface area contributed by atoms with Gasteiger partial charge in [0.15, 0.2) is 0 Å². The first kappa shape index (κ1) is 7.24. The van der Waals surface area contributed by atoms with Gasteiger partial charge in [0.2, 0.25) is 0 Å². The van der Waals surface area contributed by atoms with Gasteiger partial charge in [0.25, 0.3) is 5.56 Å². The van der Waals surface area contributed by atoms with Crippen LogP contribution in [0.25, 0.3) is 16.6 Å². The summed E-state index contributed by atoms with van der Waals surface area (Å²) in [5.41, 5.74) is -0.164. The molecule has 0 aliphatic rings. The summed E-state index contributed by atoms with van der Waals surface area (Å²) in [4.78, 5) is 17.2. The zero-order valence-electron chi connectivity index (χ0n) is 15.3. The van der Waals surface area contributed by atoms with E-state index in [1.165, 1.54) is 10.6 Å². The summed E-state index contributed by atoms with van der Waals surface area (Å²) in [6, 6.07) is 8.88. The van der Waals surface area contributed by atoms with Crippen molar-refractivity contribution >= 4 is 10.9 Å². The highest BCUT2D eigenvalue weighted by Gasteiger charge is 2.10. The van der Waals surface area contributed by atoms with Crippen LogP contribution >= 0.6 is 0 Å². The van der Waals surface area contributed by atoms with Crippen molar-refractivity contribution < 1.29 is 6.85 Å². The highest BCUT2D eigenvalue weighted by molar-refractivity contribution is 5.77. The fraction of sp³-hybridized carbons (Fsp3) is 0.125. The second kappa shape index (κ2) is 4.35. The van der Waals surface area contributed by atoms with Crippen LogP contribution in [-0.2, 0) is 0 Å². The lowest BCUT2D eigenvalue weighted by molar-refractivity contribution is 0.888. The third-order valence-corrected chi connectivity index (χ3v) is 2.96. The Bertz CT molecular complexity index is 1010. The lowest BCUT2D eigenvalue weighted by Crippen LogP contribution is -2.22. The molecule has 3 nitrogen and oxygen atoms in total. The molecule has 0 aliphatic carbocycles. The van der Waals surface area contributed by atoms with E-state index in [4.69, 9.17) is 6.85 Å². The molecule has 3 heteroatoms. The molecule has 1 heterocycles. The molecule has 3 rings (SSSR count). The number of hydrogen-bond donors (Lipinski definition) is 0. The van der Waals surface area contributed by atoms with Crippen LogP contribution in [0.5, 0.6) is 0 Å². The maximum atomic E-state index is 12.9. The molecule has 19 heavy (non-hydrogen) atoms. The van der Waals surface area contributed by atoms with Crippen LogP contribution in [0, 0.1) is 13.8 Å². The molecule has 0 saturated heterocycles. The largest absolute Gasteiger partial charge is 0.268 e. The van der Waals surface area contributed by atoms with Gasteiger partial charge in [-0.2, -0.15) is 0 Å². The monoisotopic (exact) mass is 255 g/mol. The number of para-hydroxylation sites is 2. The van der Waals surface area contributed by atoms with Crippen molar-refractivity contribution in [1.82, 2.24) is 9.55 Å². The fourth-order valence-electron chi connectivity index (χ4n) is 2.08. The minimum absolute atomic E-state index is 0.00764. The third kappa shape index (κ3) is 1.83. The van der Waals surface area contributed by atoms with Crippen molar-refractivity contribution in [3.63, 3.8) is 0 Å². The van der Waals surface area contributed by atoms with Crippen molar-refractivity contribution in [2.75, 3.05) is 0 Å². The Labute approximate surface area is 118 Å². The van der Waals surface area contributed by atoms with E-state index >= 15 is 0 Å². The van der Waals surface area contributed by atoms with E-state index in [9.17, 15) is 4.79 Å². The highest BCUT2D eigenvalue weighted by atomic mass is 16.1. The van der Waals surface area contributed by atoms with E-state index in [1.54, 1.807) is 31.2 Å². The van der Waals surface area contributed by atoms with Gasteiger partial charge in [-0.3, -0.25) is 9.36 Å². The summed E-state index contributed by atoms with van der Waals surface area (Å²) >= 11 is 0. The van der Waals surface area contributed by atoms with E-state index in [1.807, 2.05) is 0 Å². The van der Waals surface area contributed by atoms with Gasteiger partial charge in [0, 0.05) is 4.11 Å². The van der Waals surface area contributed by atoms with Crippen molar-refractivity contribution in [3.05, 3.63) is 70.2 Å². The summed E-state index contributed by atoms with van der Waals surface area (Å²) in [5, 5.41) is 0.349. The normalized spacial score (nSPS) is 15.3. The molecule has 0 fully saturated rings. The SMILES string of the molecule is [2H]c1cc([2H])c(C([2H])([2H])[2H])c(-n2c(C)nc3ccccc3c2=O)c1. The van der Waals surface area contributed by atoms with Crippen molar-refractivity contribution in [3.8, 4) is 5.69 Å². The molecule has 0 spiro atoms. The van der Waals surface area contributed by atoms with Crippen molar-refractivity contribution in [2.45, 2.75) is 13.8 Å². The molecule has 2 aromatic carbocycles. The van der Waals surface area contributed by atoms with Crippen molar-refractivity contribution in [1.29, 1.82) is 0 Å². The molecule has 0 amide bonds. The topological polar surface area (TPSA) is 34.9 Å². The Morgan fingerprint density at radius 1 is 1.26 bits per heavy atom. The lowest BCUT2D eigenvalue weighted by Gasteiger charge is -2.12. The lowest BCUT2D eigenvalue weighted by atomic mass is 10.2. The van der Waals surface area contributed by atoms with Crippen LogP contribution in [-0.4, -0.2) is 9.55 Å². The molecular weight excluding hydrogens is 236 g/mol. The maximum Gasteiger partial charge on any atom is 0.265 e. The van der Waals surface area contributed by atoms with Gasteiger partial charge in [0.05, 0.1) is 19.3 Å². The molecule has 0 atom stereocenters. The summed E-state index contributed by atoms with van der Waals surface area (Å²) in [7, 11) is 0. The minimum Gasteiger partial charge on any atom is -0.268 e. The van der Waals surface area contributed by atoms with Gasteiger partial charge < -0.3 is 0 Å². The Balaban J connectivity index is 2.47. The van der Waals surface area contributed by atoms with E-state index in [0.29, 0.717) is 16.7 Å². The predicted molar refractivity (Wildman–Crippen MR) is 76.8 cm³/mol. The van der Waals surface area contributed by atoms with Gasteiger partial charge >= 0.3 is 0 Å². The molecule has 0 unspecified atom stereocenters. The van der Waals surface area contributed by atoms with Crippen LogP contribution in [0.2, 0.25) is 0 Å². The summed E-state index contributed by atoms with van der Waals surface area (Å²) in [6.07, 6.45) is 0. The Kier molecular flexibility index (Phi) is 1.66. The molecule has 94 valence electrons. The zero-order chi connectivity index (χ0) is 17.6. The van der Waals surface area contributed by atoms with E-state index in [2.05, 4.69) is 4.98 Å². The third-order valence-electron chi connectivity index (χ3n) is 2.96. The number of nitrogens with zero attached hydrogens (tertiary/aromatic N) is 2. The van der Waals surface area contributed by atoms with E-state index in [0.717, 1.165) is 6.07 Å². The van der Waals surface area contributed by atoms with E-state index in [-0.39, 0.29) is 23.3 Å². The molecular formula is C16H14N2O. The number of aryl methyl sites for hydroxylation is 1. The van der Waals surface area contributed by atoms with Crippen LogP contribution in [0.15, 0.2) is 53.3 Å². The first-order valence-electron chi connectivity index (χ1n) is 8.30. The number of aromatic nitrogens is 2. The van der Waals surface area contributed by atoms with Crippen LogP contribution < -0.4 is 5.56 Å². The fourth-order valence-corrected chi connectivity index (χ4v) is 2.08. The van der Waals surface area contributed by atoms with Gasteiger partial charge in [-0.05, 0) is 37.5 Å². The zero-order valence-corrected chi connectivity index (χ0v) is 10.3. The Morgan fingerprint density at radius 3 is 2.95 bits per heavy atom. The molecule has 0 radical (unpaired) electrons. The predicted octanol–water partition coefficient (Wildman–Crippen LogP) is 3.00. The highest BCUT2D eigenvalue weighted by Crippen LogP contribution is 2.15. The van der Waals surface area contributed by atoms with Gasteiger partial charge in [-0.1, -0.05) is 30.3 Å². The second-order valence-corrected chi connectivity index (χ2v) is 4.18. The van der Waals surface area contributed by atoms with Crippen molar-refractivity contribution in [2.24, 2.45) is 0 Å². The molecule has 0 aliphatic heterocycles. The number of fused-ring (bicyclic) bond motifs is 1.